The van der Waals surface area contributed by atoms with Gasteiger partial charge in [0.05, 0.1) is 6.42 Å². The molecule has 0 aromatic heterocycles. The summed E-state index contributed by atoms with van der Waals surface area (Å²) in [7, 11) is 0. The molecular weight excluding hydrogens is 258 g/mol. The summed E-state index contributed by atoms with van der Waals surface area (Å²) in [6, 6.07) is 0.117. The lowest BCUT2D eigenvalue weighted by molar-refractivity contribution is -0.137. The third-order valence-electron chi connectivity index (χ3n) is 3.99. The Morgan fingerprint density at radius 1 is 1.15 bits per heavy atom. The van der Waals surface area contributed by atoms with Gasteiger partial charge in [-0.05, 0) is 13.3 Å². The topological polar surface area (TPSA) is 64.1 Å². The van der Waals surface area contributed by atoms with Gasteiger partial charge in [0.25, 0.3) is 0 Å². The summed E-state index contributed by atoms with van der Waals surface area (Å²) in [5.41, 5.74) is 1.35. The quantitative estimate of drug-likeness (QED) is 0.779. The zero-order valence-corrected chi connectivity index (χ0v) is 12.0. The van der Waals surface area contributed by atoms with Gasteiger partial charge in [0.15, 0.2) is 0 Å². The van der Waals surface area contributed by atoms with Crippen molar-refractivity contribution in [2.45, 2.75) is 19.8 Å². The molecule has 6 heteroatoms. The van der Waals surface area contributed by atoms with Gasteiger partial charge in [0, 0.05) is 45.8 Å². The first-order valence-corrected chi connectivity index (χ1v) is 7.20. The Labute approximate surface area is 119 Å². The number of urea groups is 1. The number of carboxylic acid groups (broad SMARTS) is 1. The molecule has 2 rings (SSSR count). The van der Waals surface area contributed by atoms with Gasteiger partial charge in [-0.2, -0.15) is 0 Å². The standard InChI is InChI=1S/C14H23N3O3/c1-12-2-6-16(7-3-12)14(20)17-10-8-15(9-11-17)5-4-13(18)19/h2H,3-11H2,1H3,(H,18,19). The van der Waals surface area contributed by atoms with Gasteiger partial charge in [-0.1, -0.05) is 11.6 Å². The lowest BCUT2D eigenvalue weighted by Crippen LogP contribution is -2.53. The average Bonchev–Trinajstić information content (AvgIpc) is 2.46. The molecule has 1 fully saturated rings. The second-order valence-electron chi connectivity index (χ2n) is 5.50. The van der Waals surface area contributed by atoms with E-state index in [4.69, 9.17) is 5.11 Å². The first-order chi connectivity index (χ1) is 9.56. The summed E-state index contributed by atoms with van der Waals surface area (Å²) in [4.78, 5) is 28.8. The van der Waals surface area contributed by atoms with E-state index in [9.17, 15) is 9.59 Å². The summed E-state index contributed by atoms with van der Waals surface area (Å²) >= 11 is 0. The maximum atomic E-state index is 12.3. The molecule has 112 valence electrons. The molecule has 2 aliphatic heterocycles. The van der Waals surface area contributed by atoms with Crippen LogP contribution >= 0.6 is 0 Å². The van der Waals surface area contributed by atoms with Crippen molar-refractivity contribution in [1.82, 2.24) is 14.7 Å². The summed E-state index contributed by atoms with van der Waals surface area (Å²) in [6.45, 7) is 7.11. The Hall–Kier alpha value is -1.56. The van der Waals surface area contributed by atoms with Crippen LogP contribution in [0.2, 0.25) is 0 Å². The monoisotopic (exact) mass is 281 g/mol. The molecule has 0 atom stereocenters. The Kier molecular flexibility index (Phi) is 5.00. The molecule has 0 unspecified atom stereocenters. The predicted molar refractivity (Wildman–Crippen MR) is 75.6 cm³/mol. The number of amides is 2. The molecule has 0 aromatic rings. The van der Waals surface area contributed by atoms with Crippen LogP contribution in [-0.4, -0.2) is 77.6 Å². The van der Waals surface area contributed by atoms with Gasteiger partial charge in [0.1, 0.15) is 0 Å². The molecule has 20 heavy (non-hydrogen) atoms. The van der Waals surface area contributed by atoms with E-state index >= 15 is 0 Å². The summed E-state index contributed by atoms with van der Waals surface area (Å²) in [5, 5.41) is 8.67. The van der Waals surface area contributed by atoms with Crippen molar-refractivity contribution in [3.05, 3.63) is 11.6 Å². The number of carboxylic acids is 1. The molecule has 0 aromatic carbocycles. The number of nitrogens with zero attached hydrogens (tertiary/aromatic N) is 3. The van der Waals surface area contributed by atoms with E-state index in [1.165, 1.54) is 5.57 Å². The fourth-order valence-electron chi connectivity index (χ4n) is 2.56. The number of hydrogen-bond donors (Lipinski definition) is 1. The molecule has 0 spiro atoms. The number of carbonyl (C=O) groups is 2. The minimum Gasteiger partial charge on any atom is -0.481 e. The van der Waals surface area contributed by atoms with Gasteiger partial charge in [-0.3, -0.25) is 9.69 Å². The number of piperazine rings is 1. The molecule has 0 radical (unpaired) electrons. The molecule has 1 N–H and O–H groups in total. The first kappa shape index (κ1) is 14.8. The van der Waals surface area contributed by atoms with Crippen LogP contribution in [0.15, 0.2) is 11.6 Å². The van der Waals surface area contributed by atoms with Crippen LogP contribution in [0.4, 0.5) is 4.79 Å². The highest BCUT2D eigenvalue weighted by Gasteiger charge is 2.25. The maximum Gasteiger partial charge on any atom is 0.320 e. The smallest absolute Gasteiger partial charge is 0.320 e. The lowest BCUT2D eigenvalue weighted by Gasteiger charge is -2.38. The van der Waals surface area contributed by atoms with E-state index in [0.717, 1.165) is 26.1 Å². The van der Waals surface area contributed by atoms with Crippen LogP contribution in [0, 0.1) is 0 Å². The highest BCUT2D eigenvalue weighted by atomic mass is 16.4. The van der Waals surface area contributed by atoms with Crippen molar-refractivity contribution in [1.29, 1.82) is 0 Å². The fraction of sp³-hybridized carbons (Fsp3) is 0.714. The van der Waals surface area contributed by atoms with Crippen LogP contribution in [-0.2, 0) is 4.79 Å². The highest BCUT2D eigenvalue weighted by Crippen LogP contribution is 2.13. The zero-order valence-electron chi connectivity index (χ0n) is 12.0. The molecule has 1 saturated heterocycles. The van der Waals surface area contributed by atoms with Crippen molar-refractivity contribution in [2.24, 2.45) is 0 Å². The second kappa shape index (κ2) is 6.74. The Bertz CT molecular complexity index is 400. The van der Waals surface area contributed by atoms with Gasteiger partial charge < -0.3 is 14.9 Å². The molecule has 2 amide bonds. The minimum absolute atomic E-state index is 0.117. The molecule has 0 bridgehead atoms. The van der Waals surface area contributed by atoms with Gasteiger partial charge >= 0.3 is 12.0 Å². The average molecular weight is 281 g/mol. The summed E-state index contributed by atoms with van der Waals surface area (Å²) in [6.07, 6.45) is 3.25. The lowest BCUT2D eigenvalue weighted by atomic mass is 10.1. The van der Waals surface area contributed by atoms with E-state index in [0.29, 0.717) is 26.2 Å². The maximum absolute atomic E-state index is 12.3. The largest absolute Gasteiger partial charge is 0.481 e. The van der Waals surface area contributed by atoms with Gasteiger partial charge in [-0.15, -0.1) is 0 Å². The van der Waals surface area contributed by atoms with Crippen molar-refractivity contribution in [2.75, 3.05) is 45.8 Å². The third kappa shape index (κ3) is 3.96. The molecule has 2 aliphatic rings. The Balaban J connectivity index is 1.76. The summed E-state index contributed by atoms with van der Waals surface area (Å²) < 4.78 is 0. The van der Waals surface area contributed by atoms with Crippen LogP contribution in [0.25, 0.3) is 0 Å². The van der Waals surface area contributed by atoms with Crippen LogP contribution in [0.5, 0.6) is 0 Å². The molecular formula is C14H23N3O3. The van der Waals surface area contributed by atoms with E-state index in [2.05, 4.69) is 17.9 Å². The number of rotatable bonds is 3. The first-order valence-electron chi connectivity index (χ1n) is 7.20. The van der Waals surface area contributed by atoms with Gasteiger partial charge in [0.2, 0.25) is 0 Å². The highest BCUT2D eigenvalue weighted by molar-refractivity contribution is 5.75. The van der Waals surface area contributed by atoms with Crippen molar-refractivity contribution in [3.63, 3.8) is 0 Å². The van der Waals surface area contributed by atoms with Gasteiger partial charge in [-0.25, -0.2) is 4.79 Å². The van der Waals surface area contributed by atoms with E-state index in [1.54, 1.807) is 0 Å². The van der Waals surface area contributed by atoms with Crippen molar-refractivity contribution in [3.8, 4) is 0 Å². The Morgan fingerprint density at radius 3 is 2.40 bits per heavy atom. The van der Waals surface area contributed by atoms with Crippen LogP contribution in [0.1, 0.15) is 19.8 Å². The SMILES string of the molecule is CC1=CCN(C(=O)N2CCN(CCC(=O)O)CC2)CC1. The minimum atomic E-state index is -0.765. The van der Waals surface area contributed by atoms with E-state index in [1.807, 2.05) is 9.80 Å². The number of carbonyl (C=O) groups excluding carboxylic acids is 1. The molecule has 0 saturated carbocycles. The van der Waals surface area contributed by atoms with Crippen LogP contribution in [0.3, 0.4) is 0 Å². The Morgan fingerprint density at radius 2 is 1.85 bits per heavy atom. The fourth-order valence-corrected chi connectivity index (χ4v) is 2.56. The van der Waals surface area contributed by atoms with Crippen molar-refractivity contribution >= 4 is 12.0 Å². The van der Waals surface area contributed by atoms with Crippen LogP contribution < -0.4 is 0 Å². The number of aliphatic carboxylic acids is 1. The second-order valence-corrected chi connectivity index (χ2v) is 5.50. The number of hydrogen-bond acceptors (Lipinski definition) is 3. The third-order valence-corrected chi connectivity index (χ3v) is 3.99. The predicted octanol–water partition coefficient (Wildman–Crippen LogP) is 0.851. The molecule has 0 aliphatic carbocycles. The van der Waals surface area contributed by atoms with E-state index < -0.39 is 5.97 Å². The normalized spacial score (nSPS) is 20.8. The van der Waals surface area contributed by atoms with E-state index in [-0.39, 0.29) is 12.5 Å². The zero-order chi connectivity index (χ0) is 14.5. The summed E-state index contributed by atoms with van der Waals surface area (Å²) in [5.74, 6) is -0.765. The van der Waals surface area contributed by atoms with Crippen molar-refractivity contribution < 1.29 is 14.7 Å². The molecule has 6 nitrogen and oxygen atoms in total. The molecule has 2 heterocycles.